The zero-order valence-corrected chi connectivity index (χ0v) is 29.7. The topological polar surface area (TPSA) is 243 Å². The first-order valence-electron chi connectivity index (χ1n) is 16.7. The lowest BCUT2D eigenvalue weighted by Crippen LogP contribution is -2.27. The van der Waals surface area contributed by atoms with Crippen LogP contribution < -0.4 is 32.2 Å². The minimum atomic E-state index is -0.651. The summed E-state index contributed by atoms with van der Waals surface area (Å²) in [6, 6.07) is 9.67. The summed E-state index contributed by atoms with van der Waals surface area (Å²) in [6.07, 6.45) is 2.56. The molecule has 0 unspecified atom stereocenters. The lowest BCUT2D eigenvalue weighted by atomic mass is 10.1. The van der Waals surface area contributed by atoms with Gasteiger partial charge in [-0.1, -0.05) is 0 Å². The number of likely N-dealkylation sites (N-methyl/N-ethyl adjacent to an activating group) is 1. The number of rotatable bonds is 16. The number of benzene rings is 2. The first kappa shape index (κ1) is 36.8. The number of carbonyl (C=O) groups is 4. The number of aromatic nitrogens is 6. The average Bonchev–Trinajstić information content (AvgIpc) is 3.77. The van der Waals surface area contributed by atoms with Gasteiger partial charge in [-0.05, 0) is 83.0 Å². The first-order valence-corrected chi connectivity index (χ1v) is 16.7. The fraction of sp³-hybridized carbons (Fsp3) is 0.314. The first-order chi connectivity index (χ1) is 24.8. The molecule has 3 aromatic heterocycles. The number of unbranched alkanes of at least 4 members (excludes halogenated alkanes) is 1. The second kappa shape index (κ2) is 15.6. The highest BCUT2D eigenvalue weighted by atomic mass is 16.5. The molecule has 0 fully saturated rings. The molecule has 4 amide bonds. The van der Waals surface area contributed by atoms with Gasteiger partial charge in [0.25, 0.3) is 11.8 Å². The van der Waals surface area contributed by atoms with Crippen LogP contribution in [0.1, 0.15) is 70.5 Å². The molecule has 17 nitrogen and oxygen atoms in total. The maximum atomic E-state index is 13.5. The van der Waals surface area contributed by atoms with Gasteiger partial charge in [0.05, 0.1) is 29.4 Å². The van der Waals surface area contributed by atoms with E-state index in [1.54, 1.807) is 48.9 Å². The van der Waals surface area contributed by atoms with Crippen molar-refractivity contribution in [1.82, 2.24) is 34.2 Å². The third-order valence-electron chi connectivity index (χ3n) is 8.22. The van der Waals surface area contributed by atoms with Crippen LogP contribution in [0.2, 0.25) is 0 Å². The molecule has 17 heteroatoms. The normalized spacial score (nSPS) is 11.5. The molecule has 5 rings (SSSR count). The number of imidazole rings is 2. The van der Waals surface area contributed by atoms with Gasteiger partial charge < -0.3 is 36.1 Å². The quantitative estimate of drug-likeness (QED) is 0.0499. The van der Waals surface area contributed by atoms with Crippen molar-refractivity contribution < 1.29 is 23.9 Å². The Labute approximate surface area is 298 Å². The predicted octanol–water partition coefficient (Wildman–Crippen LogP) is 3.32. The van der Waals surface area contributed by atoms with E-state index in [0.717, 1.165) is 0 Å². The summed E-state index contributed by atoms with van der Waals surface area (Å²) in [5, 5.41) is 21.0. The molecule has 0 atom stereocenters. The molecule has 0 aliphatic heterocycles. The molecular formula is C35H42N12O5. The Balaban J connectivity index is 1.46. The molecule has 0 radical (unpaired) electrons. The number of nitrogens with one attached hydrogen (secondary N) is 4. The molecule has 8 N–H and O–H groups in total. The lowest BCUT2D eigenvalue weighted by Gasteiger charge is -2.14. The van der Waals surface area contributed by atoms with Crippen LogP contribution in [0.3, 0.4) is 0 Å². The smallest absolute Gasteiger partial charge is 0.276 e. The molecule has 0 spiro atoms. The highest BCUT2D eigenvalue weighted by molar-refractivity contribution is 6.08. The third kappa shape index (κ3) is 7.77. The number of carbonyl (C=O) groups excluding carboxylic acids is 4. The third-order valence-corrected chi connectivity index (χ3v) is 8.22. The lowest BCUT2D eigenvalue weighted by molar-refractivity contribution is -0.113. The van der Waals surface area contributed by atoms with E-state index in [1.165, 1.54) is 19.3 Å². The predicted molar refractivity (Wildman–Crippen MR) is 197 cm³/mol. The number of primary amides is 2. The van der Waals surface area contributed by atoms with E-state index in [9.17, 15) is 19.2 Å². The second-order valence-electron chi connectivity index (χ2n) is 12.0. The zero-order valence-electron chi connectivity index (χ0n) is 29.7. The van der Waals surface area contributed by atoms with E-state index in [2.05, 4.69) is 31.0 Å². The molecule has 2 aromatic carbocycles. The van der Waals surface area contributed by atoms with Gasteiger partial charge in [0.15, 0.2) is 0 Å². The van der Waals surface area contributed by atoms with E-state index in [1.807, 2.05) is 23.0 Å². The molecule has 0 saturated heterocycles. The number of allylic oxidation sites excluding steroid dienone is 1. The largest absolute Gasteiger partial charge is 0.494 e. The number of ether oxygens (including phenoxy) is 1. The van der Waals surface area contributed by atoms with Gasteiger partial charge in [-0.3, -0.25) is 34.5 Å². The Morgan fingerprint density at radius 2 is 1.56 bits per heavy atom. The van der Waals surface area contributed by atoms with Crippen molar-refractivity contribution in [3.63, 3.8) is 0 Å². The summed E-state index contributed by atoms with van der Waals surface area (Å²) in [6.45, 7) is 8.84. The van der Waals surface area contributed by atoms with E-state index in [-0.39, 0.29) is 34.4 Å². The number of aryl methyl sites for hydroxylation is 4. The molecule has 3 heterocycles. The van der Waals surface area contributed by atoms with Gasteiger partial charge in [-0.15, -0.1) is 0 Å². The summed E-state index contributed by atoms with van der Waals surface area (Å²) in [7, 11) is 1.47. The molecular weight excluding hydrogens is 668 g/mol. The molecule has 0 bridgehead atoms. The number of nitrogens with zero attached hydrogens (tertiary/aromatic N) is 6. The monoisotopic (exact) mass is 710 g/mol. The van der Waals surface area contributed by atoms with E-state index >= 15 is 0 Å². The Hall–Kier alpha value is -6.52. The minimum Gasteiger partial charge on any atom is -0.494 e. The van der Waals surface area contributed by atoms with E-state index in [4.69, 9.17) is 21.6 Å². The number of hydrogen-bond donors (Lipinski definition) is 6. The van der Waals surface area contributed by atoms with Crippen LogP contribution in [0.4, 0.5) is 11.9 Å². The van der Waals surface area contributed by atoms with Crippen LogP contribution in [0.25, 0.3) is 22.1 Å². The Morgan fingerprint density at radius 1 is 0.904 bits per heavy atom. The Morgan fingerprint density at radius 3 is 2.19 bits per heavy atom. The maximum Gasteiger partial charge on any atom is 0.276 e. The SMILES string of the molecule is CCN/C(=C\C(C)=N)C(=O)Nc1nc2cc(C(N)=O)ccc2n1CCCCn1c(NC(=O)c2cc(C)nn2CC)nc2cc(C(N)=O)cc(OC)c21. The van der Waals surface area contributed by atoms with Gasteiger partial charge in [0.1, 0.15) is 22.7 Å². The Kier molecular flexibility index (Phi) is 11.0. The maximum absolute atomic E-state index is 13.5. The minimum absolute atomic E-state index is 0.196. The fourth-order valence-corrected chi connectivity index (χ4v) is 5.89. The second-order valence-corrected chi connectivity index (χ2v) is 12.0. The summed E-state index contributed by atoms with van der Waals surface area (Å²) in [5.74, 6) is -1.30. The van der Waals surface area contributed by atoms with Crippen LogP contribution in [0.5, 0.6) is 5.75 Å². The van der Waals surface area contributed by atoms with Crippen molar-refractivity contribution in [2.75, 3.05) is 24.3 Å². The standard InChI is InChI=1S/C35H42N12O5/c1-6-39-25(14-19(3)36)32(50)42-34-40-23-16-21(30(37)48)10-11-26(23)45(34)12-8-9-13-46-29-24(17-22(31(38)49)18-28(29)52-5)41-35(46)43-33(51)27-15-20(4)44-47(27)7-2/h10-11,14-18,36,39H,6-9,12-13H2,1-5H3,(H2,37,48)(H2,38,49)(H,40,42,50)(H,41,43,51)/b25-14-,36-19?. The Bertz CT molecular complexity index is 2240. The van der Waals surface area contributed by atoms with Crippen molar-refractivity contribution in [3.8, 4) is 5.75 Å². The van der Waals surface area contributed by atoms with E-state index in [0.29, 0.717) is 78.2 Å². The number of nitrogens with two attached hydrogens (primary N) is 2. The molecule has 52 heavy (non-hydrogen) atoms. The van der Waals surface area contributed by atoms with Crippen molar-refractivity contribution in [3.05, 3.63) is 70.7 Å². The fourth-order valence-electron chi connectivity index (χ4n) is 5.89. The van der Waals surface area contributed by atoms with Crippen LogP contribution in [0.15, 0.2) is 48.2 Å². The van der Waals surface area contributed by atoms with Gasteiger partial charge in [-0.25, -0.2) is 9.97 Å². The van der Waals surface area contributed by atoms with Crippen LogP contribution >= 0.6 is 0 Å². The van der Waals surface area contributed by atoms with E-state index < -0.39 is 23.6 Å². The van der Waals surface area contributed by atoms with Gasteiger partial charge >= 0.3 is 0 Å². The summed E-state index contributed by atoms with van der Waals surface area (Å²) in [4.78, 5) is 60.1. The number of hydrogen-bond acceptors (Lipinski definition) is 10. The van der Waals surface area contributed by atoms with Gasteiger partial charge in [-0.2, -0.15) is 5.10 Å². The zero-order chi connectivity index (χ0) is 37.7. The van der Waals surface area contributed by atoms with Crippen LogP contribution in [0, 0.1) is 12.3 Å². The van der Waals surface area contributed by atoms with Crippen molar-refractivity contribution in [1.29, 1.82) is 5.41 Å². The molecule has 5 aromatic rings. The van der Waals surface area contributed by atoms with Gasteiger partial charge in [0.2, 0.25) is 23.7 Å². The number of anilines is 2. The summed E-state index contributed by atoms with van der Waals surface area (Å²) >= 11 is 0. The van der Waals surface area contributed by atoms with Crippen LogP contribution in [-0.2, 0) is 24.4 Å². The van der Waals surface area contributed by atoms with Crippen molar-refractivity contribution >= 4 is 63.3 Å². The number of methoxy groups -OCH3 is 1. The van der Waals surface area contributed by atoms with Crippen LogP contribution in [-0.4, -0.2) is 71.9 Å². The molecule has 0 aliphatic carbocycles. The summed E-state index contributed by atoms with van der Waals surface area (Å²) in [5.41, 5.74) is 15.1. The van der Waals surface area contributed by atoms with Crippen molar-refractivity contribution in [2.45, 2.75) is 60.2 Å². The highest BCUT2D eigenvalue weighted by Gasteiger charge is 2.22. The molecule has 0 aliphatic rings. The number of fused-ring (bicyclic) bond motifs is 2. The average molecular weight is 711 g/mol. The highest BCUT2D eigenvalue weighted by Crippen LogP contribution is 2.31. The van der Waals surface area contributed by atoms with Crippen molar-refractivity contribution in [2.24, 2.45) is 11.5 Å². The number of amides is 4. The summed E-state index contributed by atoms with van der Waals surface area (Å²) < 4.78 is 10.9. The molecule has 272 valence electrons. The van der Waals surface area contributed by atoms with Gasteiger partial charge in [0, 0.05) is 43.0 Å². The molecule has 0 saturated carbocycles.